The minimum Gasteiger partial charge on any atom is -0.339 e. The van der Waals surface area contributed by atoms with Crippen molar-refractivity contribution in [3.8, 4) is 0 Å². The van der Waals surface area contributed by atoms with Gasteiger partial charge in [0.15, 0.2) is 11.6 Å². The summed E-state index contributed by atoms with van der Waals surface area (Å²) in [6, 6.07) is 1.92. The standard InChI is InChI=1S/C13H15BrF2N2O.ClH/c14-10-6-12(16)11(15)5-9(10)13(19)18-3-1-8(7-17)2-4-18;/h5-6,8H,1-4,7,17H2;1H. The van der Waals surface area contributed by atoms with Crippen LogP contribution in [0.5, 0.6) is 0 Å². The second-order valence-electron chi connectivity index (χ2n) is 4.72. The van der Waals surface area contributed by atoms with E-state index >= 15 is 0 Å². The molecule has 1 aliphatic rings. The molecule has 1 fully saturated rings. The molecule has 1 saturated heterocycles. The van der Waals surface area contributed by atoms with E-state index in [0.29, 0.717) is 25.6 Å². The molecule has 0 aromatic heterocycles. The average molecular weight is 370 g/mol. The van der Waals surface area contributed by atoms with E-state index < -0.39 is 11.6 Å². The Morgan fingerprint density at radius 1 is 1.30 bits per heavy atom. The number of halogens is 4. The summed E-state index contributed by atoms with van der Waals surface area (Å²) in [4.78, 5) is 13.9. The smallest absolute Gasteiger partial charge is 0.255 e. The van der Waals surface area contributed by atoms with Crippen molar-refractivity contribution < 1.29 is 13.6 Å². The van der Waals surface area contributed by atoms with E-state index in [1.807, 2.05) is 0 Å². The monoisotopic (exact) mass is 368 g/mol. The maximum Gasteiger partial charge on any atom is 0.255 e. The second-order valence-corrected chi connectivity index (χ2v) is 5.57. The molecule has 0 saturated carbocycles. The minimum absolute atomic E-state index is 0. The van der Waals surface area contributed by atoms with Crippen LogP contribution in [0.15, 0.2) is 16.6 Å². The lowest BCUT2D eigenvalue weighted by molar-refractivity contribution is 0.0692. The van der Waals surface area contributed by atoms with E-state index in [1.165, 1.54) is 0 Å². The van der Waals surface area contributed by atoms with Crippen LogP contribution < -0.4 is 5.73 Å². The van der Waals surface area contributed by atoms with Crippen LogP contribution >= 0.6 is 28.3 Å². The molecule has 1 aromatic carbocycles. The van der Waals surface area contributed by atoms with Gasteiger partial charge in [-0.1, -0.05) is 0 Å². The van der Waals surface area contributed by atoms with Gasteiger partial charge >= 0.3 is 0 Å². The lowest BCUT2D eigenvalue weighted by Gasteiger charge is -2.31. The molecule has 1 heterocycles. The number of hydrogen-bond acceptors (Lipinski definition) is 2. The van der Waals surface area contributed by atoms with Gasteiger partial charge < -0.3 is 10.6 Å². The maximum absolute atomic E-state index is 13.2. The largest absolute Gasteiger partial charge is 0.339 e. The van der Waals surface area contributed by atoms with Crippen molar-refractivity contribution in [1.29, 1.82) is 0 Å². The maximum atomic E-state index is 13.2. The highest BCUT2D eigenvalue weighted by atomic mass is 79.9. The molecular weight excluding hydrogens is 354 g/mol. The lowest BCUT2D eigenvalue weighted by Crippen LogP contribution is -2.40. The van der Waals surface area contributed by atoms with Crippen molar-refractivity contribution in [2.75, 3.05) is 19.6 Å². The van der Waals surface area contributed by atoms with Gasteiger partial charge in [-0.2, -0.15) is 0 Å². The van der Waals surface area contributed by atoms with Gasteiger partial charge in [0.2, 0.25) is 0 Å². The molecule has 1 aliphatic heterocycles. The molecule has 0 radical (unpaired) electrons. The fraction of sp³-hybridized carbons (Fsp3) is 0.462. The molecule has 3 nitrogen and oxygen atoms in total. The molecule has 0 aliphatic carbocycles. The first-order valence-corrected chi connectivity index (χ1v) is 6.96. The minimum atomic E-state index is -1.01. The third-order valence-corrected chi connectivity index (χ3v) is 4.13. The van der Waals surface area contributed by atoms with Crippen LogP contribution in [0.3, 0.4) is 0 Å². The zero-order valence-electron chi connectivity index (χ0n) is 10.7. The Morgan fingerprint density at radius 2 is 1.85 bits per heavy atom. The summed E-state index contributed by atoms with van der Waals surface area (Å²) >= 11 is 3.10. The summed E-state index contributed by atoms with van der Waals surface area (Å²) in [6.45, 7) is 1.83. The number of nitrogens with two attached hydrogens (primary N) is 1. The van der Waals surface area contributed by atoms with Gasteiger partial charge in [0, 0.05) is 17.6 Å². The topological polar surface area (TPSA) is 46.3 Å². The second kappa shape index (κ2) is 7.33. The third kappa shape index (κ3) is 3.68. The highest BCUT2D eigenvalue weighted by Gasteiger charge is 2.25. The summed E-state index contributed by atoms with van der Waals surface area (Å²) in [5.41, 5.74) is 5.75. The van der Waals surface area contributed by atoms with Crippen LogP contribution in [0, 0.1) is 17.6 Å². The average Bonchev–Trinajstić information content (AvgIpc) is 2.42. The Morgan fingerprint density at radius 3 is 2.40 bits per heavy atom. The van der Waals surface area contributed by atoms with E-state index in [9.17, 15) is 13.6 Å². The first-order chi connectivity index (χ1) is 9.02. The van der Waals surface area contributed by atoms with Crippen molar-refractivity contribution >= 4 is 34.2 Å². The van der Waals surface area contributed by atoms with Crippen LogP contribution in [-0.2, 0) is 0 Å². The first-order valence-electron chi connectivity index (χ1n) is 6.16. The molecule has 0 atom stereocenters. The number of hydrogen-bond donors (Lipinski definition) is 1. The highest BCUT2D eigenvalue weighted by Crippen LogP contribution is 2.24. The molecule has 1 amide bonds. The van der Waals surface area contributed by atoms with E-state index in [2.05, 4.69) is 15.9 Å². The van der Waals surface area contributed by atoms with Crippen molar-refractivity contribution in [3.63, 3.8) is 0 Å². The third-order valence-electron chi connectivity index (χ3n) is 3.48. The molecule has 1 aromatic rings. The first kappa shape index (κ1) is 17.3. The summed E-state index contributed by atoms with van der Waals surface area (Å²) in [6.07, 6.45) is 1.70. The summed E-state index contributed by atoms with van der Waals surface area (Å²) in [7, 11) is 0. The Kier molecular flexibility index (Phi) is 6.36. The highest BCUT2D eigenvalue weighted by molar-refractivity contribution is 9.10. The van der Waals surface area contributed by atoms with Gasteiger partial charge in [-0.3, -0.25) is 4.79 Å². The predicted octanol–water partition coefficient (Wildman–Crippen LogP) is 2.96. The number of carbonyl (C=O) groups is 1. The van der Waals surface area contributed by atoms with Crippen LogP contribution in [0.2, 0.25) is 0 Å². The Balaban J connectivity index is 0.00000200. The molecule has 7 heteroatoms. The SMILES string of the molecule is Cl.NCC1CCN(C(=O)c2cc(F)c(F)cc2Br)CC1. The number of rotatable bonds is 2. The summed E-state index contributed by atoms with van der Waals surface area (Å²) in [5, 5.41) is 0. The van der Waals surface area contributed by atoms with Gasteiger partial charge in [0.05, 0.1) is 5.56 Å². The van der Waals surface area contributed by atoms with Crippen molar-refractivity contribution in [3.05, 3.63) is 33.8 Å². The van der Waals surface area contributed by atoms with Crippen LogP contribution in [0.1, 0.15) is 23.2 Å². The molecule has 2 N–H and O–H groups in total. The Labute approximate surface area is 131 Å². The summed E-state index contributed by atoms with van der Waals surface area (Å²) in [5.74, 6) is -1.81. The quantitative estimate of drug-likeness (QED) is 0.815. The number of amides is 1. The van der Waals surface area contributed by atoms with E-state index in [4.69, 9.17) is 5.73 Å². The molecule has 0 unspecified atom stereocenters. The number of nitrogens with zero attached hydrogens (tertiary/aromatic N) is 1. The van der Waals surface area contributed by atoms with E-state index in [0.717, 1.165) is 25.0 Å². The van der Waals surface area contributed by atoms with Crippen molar-refractivity contribution in [2.45, 2.75) is 12.8 Å². The lowest BCUT2D eigenvalue weighted by atomic mass is 9.96. The predicted molar refractivity (Wildman–Crippen MR) is 79.0 cm³/mol. The molecule has 20 heavy (non-hydrogen) atoms. The van der Waals surface area contributed by atoms with Gasteiger partial charge in [0.1, 0.15) is 0 Å². The number of benzene rings is 1. The summed E-state index contributed by atoms with van der Waals surface area (Å²) < 4.78 is 26.5. The fourth-order valence-corrected chi connectivity index (χ4v) is 2.71. The number of carbonyl (C=O) groups excluding carboxylic acids is 1. The van der Waals surface area contributed by atoms with Crippen LogP contribution in [-0.4, -0.2) is 30.4 Å². The molecular formula is C13H16BrClF2N2O. The number of piperidine rings is 1. The van der Waals surface area contributed by atoms with Gasteiger partial charge in [0.25, 0.3) is 5.91 Å². The van der Waals surface area contributed by atoms with Gasteiger partial charge in [-0.05, 0) is 53.4 Å². The zero-order valence-corrected chi connectivity index (χ0v) is 13.1. The molecule has 0 bridgehead atoms. The van der Waals surface area contributed by atoms with Crippen molar-refractivity contribution in [2.24, 2.45) is 11.7 Å². The zero-order chi connectivity index (χ0) is 14.0. The van der Waals surface area contributed by atoms with Crippen molar-refractivity contribution in [1.82, 2.24) is 4.90 Å². The Hall–Kier alpha value is -0.720. The van der Waals surface area contributed by atoms with Gasteiger partial charge in [-0.25, -0.2) is 8.78 Å². The number of likely N-dealkylation sites (tertiary alicyclic amines) is 1. The van der Waals surface area contributed by atoms with Gasteiger partial charge in [-0.15, -0.1) is 12.4 Å². The normalized spacial score (nSPS) is 15.9. The van der Waals surface area contributed by atoms with E-state index in [-0.39, 0.29) is 28.4 Å². The molecule has 112 valence electrons. The van der Waals surface area contributed by atoms with Crippen LogP contribution in [0.4, 0.5) is 8.78 Å². The van der Waals surface area contributed by atoms with Crippen LogP contribution in [0.25, 0.3) is 0 Å². The molecule has 0 spiro atoms. The fourth-order valence-electron chi connectivity index (χ4n) is 2.23. The van der Waals surface area contributed by atoms with E-state index in [1.54, 1.807) is 4.90 Å². The Bertz CT molecular complexity index is 494. The molecule has 2 rings (SSSR count).